The Balaban J connectivity index is 0.00000261. The van der Waals surface area contributed by atoms with Crippen molar-refractivity contribution in [3.8, 4) is 5.75 Å². The lowest BCUT2D eigenvalue weighted by atomic mass is 10.2. The van der Waals surface area contributed by atoms with E-state index in [9.17, 15) is 5.11 Å². The number of unbranched alkanes of at least 4 members (excludes halogenated alkanes) is 1. The number of nitrogens with zero attached hydrogens (tertiary/aromatic N) is 2. The van der Waals surface area contributed by atoms with Gasteiger partial charge in [-0.25, -0.2) is 9.13 Å². The lowest BCUT2D eigenvalue weighted by molar-refractivity contribution is -0.665. The second-order valence-corrected chi connectivity index (χ2v) is 6.69. The van der Waals surface area contributed by atoms with Crippen LogP contribution in [0.15, 0.2) is 48.5 Å². The van der Waals surface area contributed by atoms with Crippen LogP contribution in [0.3, 0.4) is 0 Å². The van der Waals surface area contributed by atoms with E-state index in [4.69, 9.17) is 10.5 Å². The third-order valence-corrected chi connectivity index (χ3v) is 4.67. The van der Waals surface area contributed by atoms with Gasteiger partial charge in [0.15, 0.2) is 0 Å². The first kappa shape index (κ1) is 21.1. The molecule has 5 nitrogen and oxygen atoms in total. The molecule has 0 saturated carbocycles. The average molecular weight is 390 g/mol. The van der Waals surface area contributed by atoms with E-state index < -0.39 is 6.10 Å². The summed E-state index contributed by atoms with van der Waals surface area (Å²) in [7, 11) is 0. The van der Waals surface area contributed by atoms with Crippen molar-refractivity contribution in [2.24, 2.45) is 0 Å². The Kier molecular flexibility index (Phi) is 7.51. The zero-order chi connectivity index (χ0) is 18.5. The van der Waals surface area contributed by atoms with Gasteiger partial charge in [-0.15, -0.1) is 0 Å². The maximum atomic E-state index is 10.5. The van der Waals surface area contributed by atoms with E-state index in [2.05, 4.69) is 17.6 Å². The van der Waals surface area contributed by atoms with Crippen molar-refractivity contribution in [3.05, 3.63) is 54.1 Å². The number of halogens is 1. The number of hydrogen-bond acceptors (Lipinski definition) is 3. The van der Waals surface area contributed by atoms with E-state index >= 15 is 0 Å². The van der Waals surface area contributed by atoms with Gasteiger partial charge in [0.25, 0.3) is 0 Å². The van der Waals surface area contributed by atoms with E-state index in [1.54, 1.807) is 0 Å². The van der Waals surface area contributed by atoms with Crippen LogP contribution in [0.1, 0.15) is 25.3 Å². The number of nitrogen functional groups attached to an aromatic ring is 1. The number of anilines is 1. The number of rotatable bonds is 8. The van der Waals surface area contributed by atoms with Crippen LogP contribution in [0, 0.1) is 6.92 Å². The number of imidazole rings is 1. The quantitative estimate of drug-likeness (QED) is 0.536. The normalized spacial score (nSPS) is 12.0. The molecule has 1 unspecified atom stereocenters. The van der Waals surface area contributed by atoms with Gasteiger partial charge in [-0.3, -0.25) is 5.73 Å². The van der Waals surface area contributed by atoms with E-state index in [1.165, 1.54) is 0 Å². The monoisotopic (exact) mass is 389 g/mol. The van der Waals surface area contributed by atoms with Crippen LogP contribution in [-0.2, 0) is 13.1 Å². The molecule has 0 fully saturated rings. The number of ether oxygens (including phenoxy) is 1. The predicted molar refractivity (Wildman–Crippen MR) is 104 cm³/mol. The fourth-order valence-electron chi connectivity index (χ4n) is 3.22. The Morgan fingerprint density at radius 1 is 1.15 bits per heavy atom. The summed E-state index contributed by atoms with van der Waals surface area (Å²) in [5.74, 6) is 1.48. The molecule has 3 aromatic rings. The summed E-state index contributed by atoms with van der Waals surface area (Å²) in [6.07, 6.45) is 1.54. The van der Waals surface area contributed by atoms with Gasteiger partial charge in [0, 0.05) is 0 Å². The van der Waals surface area contributed by atoms with Crippen molar-refractivity contribution in [3.63, 3.8) is 0 Å². The molecule has 27 heavy (non-hydrogen) atoms. The Bertz CT molecular complexity index is 879. The van der Waals surface area contributed by atoms with Gasteiger partial charge in [-0.2, -0.15) is 0 Å². The molecule has 1 heterocycles. The van der Waals surface area contributed by atoms with Crippen molar-refractivity contribution < 1.29 is 26.8 Å². The number of aliphatic hydroxyl groups is 1. The lowest BCUT2D eigenvalue weighted by Gasteiger charge is -2.13. The molecular weight excluding hydrogens is 362 g/mol. The number of fused-ring (bicyclic) bond motifs is 1. The Hall–Kier alpha value is -2.24. The second kappa shape index (κ2) is 9.62. The van der Waals surface area contributed by atoms with Crippen LogP contribution < -0.4 is 27.4 Å². The number of aryl methyl sites for hydroxylation is 2. The van der Waals surface area contributed by atoms with Gasteiger partial charge in [0.1, 0.15) is 36.0 Å². The highest BCUT2D eigenvalue weighted by molar-refractivity contribution is 5.73. The van der Waals surface area contributed by atoms with Gasteiger partial charge < -0.3 is 22.3 Å². The van der Waals surface area contributed by atoms with Gasteiger partial charge in [-0.1, -0.05) is 43.7 Å². The Labute approximate surface area is 166 Å². The molecule has 146 valence electrons. The largest absolute Gasteiger partial charge is 1.00 e. The highest BCUT2D eigenvalue weighted by Gasteiger charge is 2.22. The number of hydrogen-bond donors (Lipinski definition) is 2. The Morgan fingerprint density at radius 3 is 2.59 bits per heavy atom. The molecule has 0 saturated heterocycles. The second-order valence-electron chi connectivity index (χ2n) is 6.69. The van der Waals surface area contributed by atoms with Gasteiger partial charge in [0.05, 0.1) is 6.54 Å². The summed E-state index contributed by atoms with van der Waals surface area (Å²) in [5, 5.41) is 10.5. The molecule has 0 amide bonds. The predicted octanol–water partition coefficient (Wildman–Crippen LogP) is 0.0634. The van der Waals surface area contributed by atoms with Crippen LogP contribution in [0.5, 0.6) is 5.75 Å². The molecule has 0 aliphatic heterocycles. The molecule has 0 aliphatic rings. The van der Waals surface area contributed by atoms with Gasteiger partial charge in [-0.05, 0) is 37.1 Å². The maximum absolute atomic E-state index is 10.5. The molecule has 2 aromatic carbocycles. The van der Waals surface area contributed by atoms with E-state index in [1.807, 2.05) is 54.0 Å². The van der Waals surface area contributed by atoms with Crippen molar-refractivity contribution >= 4 is 17.0 Å². The molecule has 0 radical (unpaired) electrons. The van der Waals surface area contributed by atoms with Gasteiger partial charge >= 0.3 is 5.95 Å². The zero-order valence-electron chi connectivity index (χ0n) is 15.9. The first-order chi connectivity index (χ1) is 12.6. The third-order valence-electron chi connectivity index (χ3n) is 4.67. The molecule has 0 aliphatic carbocycles. The van der Waals surface area contributed by atoms with Crippen LogP contribution in [0.25, 0.3) is 11.0 Å². The summed E-state index contributed by atoms with van der Waals surface area (Å²) in [5.41, 5.74) is 9.61. The van der Waals surface area contributed by atoms with Crippen molar-refractivity contribution in [1.82, 2.24) is 4.57 Å². The van der Waals surface area contributed by atoms with Crippen molar-refractivity contribution in [2.75, 3.05) is 12.3 Å². The highest BCUT2D eigenvalue weighted by atomic mass is 35.5. The number of nitrogens with two attached hydrogens (primary N) is 1. The summed E-state index contributed by atoms with van der Waals surface area (Å²) in [6, 6.07) is 16.0. The minimum absolute atomic E-state index is 0. The fourth-order valence-corrected chi connectivity index (χ4v) is 3.22. The topological polar surface area (TPSA) is 64.3 Å². The summed E-state index contributed by atoms with van der Waals surface area (Å²) in [4.78, 5) is 0. The van der Waals surface area contributed by atoms with E-state index in [0.717, 1.165) is 41.7 Å². The molecule has 0 spiro atoms. The average Bonchev–Trinajstić information content (AvgIpc) is 2.91. The smallest absolute Gasteiger partial charge is 0.356 e. The minimum atomic E-state index is -0.646. The molecular formula is C21H28ClN3O2. The third kappa shape index (κ3) is 4.73. The summed E-state index contributed by atoms with van der Waals surface area (Å²) < 4.78 is 9.90. The van der Waals surface area contributed by atoms with E-state index in [-0.39, 0.29) is 19.0 Å². The van der Waals surface area contributed by atoms with Crippen LogP contribution >= 0.6 is 0 Å². The Morgan fingerprint density at radius 2 is 1.85 bits per heavy atom. The highest BCUT2D eigenvalue weighted by Crippen LogP contribution is 2.18. The van der Waals surface area contributed by atoms with Crippen molar-refractivity contribution in [2.45, 2.75) is 45.9 Å². The number of aromatic nitrogens is 2. The number of benzene rings is 2. The number of para-hydroxylation sites is 3. The first-order valence-electron chi connectivity index (χ1n) is 9.24. The molecule has 0 bridgehead atoms. The molecule has 3 rings (SSSR count). The molecule has 1 aromatic heterocycles. The fraction of sp³-hybridized carbons (Fsp3) is 0.381. The van der Waals surface area contributed by atoms with Crippen LogP contribution in [-0.4, -0.2) is 22.4 Å². The standard InChI is InChI=1S/C21H27N3O2.ClH/c1-3-4-13-23-18-10-6-7-11-19(18)24(21(23)22)14-17(25)15-26-20-12-8-5-9-16(20)2;/h5-12,17,22,25H,3-4,13-15H2,1-2H3;1H. The van der Waals surface area contributed by atoms with Crippen LogP contribution in [0.2, 0.25) is 0 Å². The lowest BCUT2D eigenvalue weighted by Crippen LogP contribution is -3.00. The van der Waals surface area contributed by atoms with Crippen molar-refractivity contribution in [1.29, 1.82) is 0 Å². The molecule has 3 N–H and O–H groups in total. The van der Waals surface area contributed by atoms with E-state index in [0.29, 0.717) is 12.5 Å². The molecule has 6 heteroatoms. The number of aliphatic hydroxyl groups excluding tert-OH is 1. The SMILES string of the molecule is CCCCn1c(N)[n+](CC(O)COc2ccccc2C)c2ccccc21.[Cl-]. The van der Waals surface area contributed by atoms with Gasteiger partial charge in [0.2, 0.25) is 0 Å². The zero-order valence-corrected chi connectivity index (χ0v) is 16.7. The summed E-state index contributed by atoms with van der Waals surface area (Å²) in [6.45, 7) is 5.67. The molecule has 1 atom stereocenters. The summed E-state index contributed by atoms with van der Waals surface area (Å²) >= 11 is 0. The minimum Gasteiger partial charge on any atom is -1.00 e. The van der Waals surface area contributed by atoms with Crippen LogP contribution in [0.4, 0.5) is 5.95 Å². The first-order valence-corrected chi connectivity index (χ1v) is 9.24. The maximum Gasteiger partial charge on any atom is 0.356 e.